The molecule has 0 spiro atoms. The normalized spacial score (nSPS) is 19.2. The molecule has 4 nitrogen and oxygen atoms in total. The number of benzene rings is 2. The van der Waals surface area contributed by atoms with Gasteiger partial charge in [-0.25, -0.2) is 4.98 Å². The minimum Gasteiger partial charge on any atom is -0.393 e. The summed E-state index contributed by atoms with van der Waals surface area (Å²) in [6, 6.07) is 16.5. The van der Waals surface area contributed by atoms with Crippen molar-refractivity contribution in [2.75, 3.05) is 5.32 Å². The Bertz CT molecular complexity index is 992. The molecule has 4 heteroatoms. The van der Waals surface area contributed by atoms with Crippen molar-refractivity contribution in [3.8, 4) is 0 Å². The van der Waals surface area contributed by atoms with Crippen LogP contribution in [0.25, 0.3) is 10.8 Å². The molecule has 1 aliphatic carbocycles. The van der Waals surface area contributed by atoms with E-state index in [4.69, 9.17) is 0 Å². The Balaban J connectivity index is 1.50. The molecule has 29 heavy (non-hydrogen) atoms. The van der Waals surface area contributed by atoms with Crippen LogP contribution in [0.15, 0.2) is 54.7 Å². The van der Waals surface area contributed by atoms with E-state index in [9.17, 15) is 9.90 Å². The molecule has 1 aliphatic rings. The summed E-state index contributed by atoms with van der Waals surface area (Å²) in [4.78, 5) is 17.4. The second-order valence-electron chi connectivity index (χ2n) is 8.14. The zero-order chi connectivity index (χ0) is 20.2. The van der Waals surface area contributed by atoms with Gasteiger partial charge in [0.2, 0.25) is 0 Å². The molecule has 0 bridgehead atoms. The molecule has 2 aromatic carbocycles. The van der Waals surface area contributed by atoms with Crippen LogP contribution < -0.4 is 5.32 Å². The summed E-state index contributed by atoms with van der Waals surface area (Å²) >= 11 is 0. The largest absolute Gasteiger partial charge is 0.393 e. The molecule has 0 amide bonds. The fourth-order valence-electron chi connectivity index (χ4n) is 4.16. The van der Waals surface area contributed by atoms with Crippen molar-refractivity contribution < 1.29 is 9.90 Å². The van der Waals surface area contributed by atoms with Crippen LogP contribution in [0, 0.1) is 6.92 Å². The average Bonchev–Trinajstić information content (AvgIpc) is 2.74. The minimum absolute atomic E-state index is 0.162. The average molecular weight is 389 g/mol. The standard InChI is InChI=1S/C25H28N2O2/c1-17-13-20(24(29)12-7-18-5-3-2-4-6-18)14-19-15-25(26-16-23(17)19)27-21-8-10-22(28)11-9-21/h2-6,13-16,21-22,28H,7-12H2,1H3,(H,26,27). The molecule has 1 saturated carbocycles. The van der Waals surface area contributed by atoms with Gasteiger partial charge in [0.1, 0.15) is 5.82 Å². The molecule has 1 heterocycles. The lowest BCUT2D eigenvalue weighted by Gasteiger charge is -2.26. The third-order valence-corrected chi connectivity index (χ3v) is 5.90. The molecule has 1 fully saturated rings. The molecular formula is C25H28N2O2. The van der Waals surface area contributed by atoms with E-state index in [1.807, 2.05) is 49.5 Å². The van der Waals surface area contributed by atoms with Gasteiger partial charge < -0.3 is 10.4 Å². The SMILES string of the molecule is Cc1cc(C(=O)CCc2ccccc2)cc2cc(NC3CCC(O)CC3)ncc12. The number of Topliss-reactive ketones (excluding diaryl/α,β-unsaturated/α-hetero) is 1. The van der Waals surface area contributed by atoms with Crippen molar-refractivity contribution in [1.29, 1.82) is 0 Å². The van der Waals surface area contributed by atoms with Crippen LogP contribution in [0.1, 0.15) is 53.6 Å². The number of nitrogens with one attached hydrogen (secondary N) is 1. The van der Waals surface area contributed by atoms with E-state index in [0.717, 1.165) is 59.8 Å². The summed E-state index contributed by atoms with van der Waals surface area (Å²) in [6.45, 7) is 2.04. The van der Waals surface area contributed by atoms with Crippen LogP contribution in [-0.4, -0.2) is 28.0 Å². The lowest BCUT2D eigenvalue weighted by atomic mass is 9.93. The number of aromatic nitrogens is 1. The van der Waals surface area contributed by atoms with E-state index in [1.54, 1.807) is 0 Å². The van der Waals surface area contributed by atoms with Gasteiger partial charge in [-0.2, -0.15) is 0 Å². The quantitative estimate of drug-likeness (QED) is 0.579. The monoisotopic (exact) mass is 388 g/mol. The van der Waals surface area contributed by atoms with E-state index >= 15 is 0 Å². The Morgan fingerprint density at radius 2 is 1.86 bits per heavy atom. The zero-order valence-corrected chi connectivity index (χ0v) is 16.9. The number of aryl methyl sites for hydroxylation is 2. The summed E-state index contributed by atoms with van der Waals surface area (Å²) in [6.07, 6.45) is 6.58. The highest BCUT2D eigenvalue weighted by molar-refractivity contribution is 6.01. The molecule has 0 unspecified atom stereocenters. The Morgan fingerprint density at radius 1 is 1.10 bits per heavy atom. The smallest absolute Gasteiger partial charge is 0.163 e. The molecule has 0 atom stereocenters. The number of ketones is 1. The first-order valence-electron chi connectivity index (χ1n) is 10.5. The fourth-order valence-corrected chi connectivity index (χ4v) is 4.16. The first kappa shape index (κ1) is 19.6. The van der Waals surface area contributed by atoms with Gasteiger partial charge >= 0.3 is 0 Å². The lowest BCUT2D eigenvalue weighted by Crippen LogP contribution is -2.28. The maximum atomic E-state index is 12.8. The Hall–Kier alpha value is -2.72. The highest BCUT2D eigenvalue weighted by Gasteiger charge is 2.19. The second kappa shape index (κ2) is 8.75. The summed E-state index contributed by atoms with van der Waals surface area (Å²) < 4.78 is 0. The van der Waals surface area contributed by atoms with E-state index in [2.05, 4.69) is 22.4 Å². The molecular weight excluding hydrogens is 360 g/mol. The predicted molar refractivity (Wildman–Crippen MR) is 117 cm³/mol. The van der Waals surface area contributed by atoms with E-state index in [-0.39, 0.29) is 11.9 Å². The van der Waals surface area contributed by atoms with Gasteiger partial charge in [0, 0.05) is 29.6 Å². The predicted octanol–water partition coefficient (Wildman–Crippen LogP) is 5.07. The lowest BCUT2D eigenvalue weighted by molar-refractivity contribution is 0.0983. The number of fused-ring (bicyclic) bond motifs is 1. The van der Waals surface area contributed by atoms with Crippen LogP contribution in [0.4, 0.5) is 5.82 Å². The van der Waals surface area contributed by atoms with Gasteiger partial charge in [0.15, 0.2) is 5.78 Å². The summed E-state index contributed by atoms with van der Waals surface area (Å²) in [5.74, 6) is 1.01. The number of pyridine rings is 1. The highest BCUT2D eigenvalue weighted by Crippen LogP contribution is 2.26. The first-order chi connectivity index (χ1) is 14.1. The second-order valence-corrected chi connectivity index (χ2v) is 8.14. The Labute approximate surface area is 172 Å². The Kier molecular flexibility index (Phi) is 5.91. The van der Waals surface area contributed by atoms with Crippen molar-refractivity contribution >= 4 is 22.4 Å². The van der Waals surface area contributed by atoms with Crippen molar-refractivity contribution in [2.45, 2.75) is 57.6 Å². The third-order valence-electron chi connectivity index (χ3n) is 5.90. The number of rotatable bonds is 6. The van der Waals surface area contributed by atoms with Crippen LogP contribution in [0.2, 0.25) is 0 Å². The minimum atomic E-state index is -0.162. The van der Waals surface area contributed by atoms with Gasteiger partial charge in [-0.3, -0.25) is 4.79 Å². The van der Waals surface area contributed by atoms with Gasteiger partial charge in [-0.05, 0) is 73.7 Å². The van der Waals surface area contributed by atoms with E-state index in [0.29, 0.717) is 12.5 Å². The number of anilines is 1. The highest BCUT2D eigenvalue weighted by atomic mass is 16.3. The fraction of sp³-hybridized carbons (Fsp3) is 0.360. The van der Waals surface area contributed by atoms with Crippen molar-refractivity contribution in [2.24, 2.45) is 0 Å². The maximum Gasteiger partial charge on any atom is 0.163 e. The van der Waals surface area contributed by atoms with E-state index < -0.39 is 0 Å². The number of aliphatic hydroxyl groups excluding tert-OH is 1. The third kappa shape index (κ3) is 4.83. The summed E-state index contributed by atoms with van der Waals surface area (Å²) in [5, 5.41) is 15.3. The molecule has 0 aliphatic heterocycles. The maximum absolute atomic E-state index is 12.8. The molecule has 0 saturated heterocycles. The first-order valence-corrected chi connectivity index (χ1v) is 10.5. The van der Waals surface area contributed by atoms with Crippen molar-refractivity contribution in [3.05, 3.63) is 71.4 Å². The molecule has 0 radical (unpaired) electrons. The van der Waals surface area contributed by atoms with Crippen LogP contribution in [0.5, 0.6) is 0 Å². The summed E-state index contributed by atoms with van der Waals surface area (Å²) in [7, 11) is 0. The molecule has 3 aromatic rings. The van der Waals surface area contributed by atoms with Gasteiger partial charge in [-0.15, -0.1) is 0 Å². The number of carbonyl (C=O) groups is 1. The number of nitrogens with zero attached hydrogens (tertiary/aromatic N) is 1. The molecule has 4 rings (SSSR count). The topological polar surface area (TPSA) is 62.2 Å². The van der Waals surface area contributed by atoms with Gasteiger partial charge in [-0.1, -0.05) is 30.3 Å². The van der Waals surface area contributed by atoms with Crippen LogP contribution in [-0.2, 0) is 6.42 Å². The van der Waals surface area contributed by atoms with Crippen molar-refractivity contribution in [1.82, 2.24) is 4.98 Å². The van der Waals surface area contributed by atoms with Crippen molar-refractivity contribution in [3.63, 3.8) is 0 Å². The van der Waals surface area contributed by atoms with Crippen LogP contribution >= 0.6 is 0 Å². The molecule has 2 N–H and O–H groups in total. The number of carbonyl (C=O) groups excluding carboxylic acids is 1. The number of aliphatic hydroxyl groups is 1. The zero-order valence-electron chi connectivity index (χ0n) is 16.9. The van der Waals surface area contributed by atoms with Gasteiger partial charge in [0.05, 0.1) is 6.10 Å². The van der Waals surface area contributed by atoms with Gasteiger partial charge in [0.25, 0.3) is 0 Å². The number of hydrogen-bond acceptors (Lipinski definition) is 4. The Morgan fingerprint density at radius 3 is 2.62 bits per heavy atom. The number of hydrogen-bond donors (Lipinski definition) is 2. The van der Waals surface area contributed by atoms with Crippen LogP contribution in [0.3, 0.4) is 0 Å². The summed E-state index contributed by atoms with van der Waals surface area (Å²) in [5.41, 5.74) is 3.03. The van der Waals surface area contributed by atoms with E-state index in [1.165, 1.54) is 5.56 Å². The molecule has 1 aromatic heterocycles. The molecule has 150 valence electrons.